The molecule has 0 atom stereocenters. The molecule has 0 aliphatic heterocycles. The lowest BCUT2D eigenvalue weighted by atomic mass is 9.95. The van der Waals surface area contributed by atoms with Gasteiger partial charge in [-0.1, -0.05) is 24.3 Å². The molecule has 158 valence electrons. The SMILES string of the molecule is CN(O)C(=O)CCCc1scc(-c2ccc(S(N)(=O)=O)cc2)c1-c1ccc(F)cc1. The minimum Gasteiger partial charge on any atom is -0.286 e. The van der Waals surface area contributed by atoms with Crippen LogP contribution in [0.5, 0.6) is 0 Å². The molecule has 6 nitrogen and oxygen atoms in total. The number of halogens is 1. The maximum atomic E-state index is 13.4. The molecule has 0 aliphatic rings. The molecule has 2 aromatic carbocycles. The number of carbonyl (C=O) groups is 1. The Bertz CT molecular complexity index is 1140. The van der Waals surface area contributed by atoms with E-state index in [2.05, 4.69) is 0 Å². The van der Waals surface area contributed by atoms with Crippen LogP contribution in [0.2, 0.25) is 0 Å². The summed E-state index contributed by atoms with van der Waals surface area (Å²) in [4.78, 5) is 12.7. The van der Waals surface area contributed by atoms with Crippen LogP contribution >= 0.6 is 11.3 Å². The maximum absolute atomic E-state index is 13.4. The van der Waals surface area contributed by atoms with Crippen molar-refractivity contribution in [3.05, 3.63) is 64.6 Å². The summed E-state index contributed by atoms with van der Waals surface area (Å²) in [5.41, 5.74) is 3.42. The van der Waals surface area contributed by atoms with Gasteiger partial charge in [0, 0.05) is 29.5 Å². The molecule has 3 aromatic rings. The minimum atomic E-state index is -3.79. The van der Waals surface area contributed by atoms with Gasteiger partial charge >= 0.3 is 0 Å². The molecule has 1 amide bonds. The molecular formula is C21H21FN2O4S2. The Morgan fingerprint density at radius 1 is 1.10 bits per heavy atom. The van der Waals surface area contributed by atoms with Crippen molar-refractivity contribution in [2.45, 2.75) is 24.2 Å². The van der Waals surface area contributed by atoms with Crippen molar-refractivity contribution in [1.82, 2.24) is 5.06 Å². The van der Waals surface area contributed by atoms with Gasteiger partial charge in [0.05, 0.1) is 4.90 Å². The highest BCUT2D eigenvalue weighted by Crippen LogP contribution is 2.40. The van der Waals surface area contributed by atoms with Gasteiger partial charge in [-0.15, -0.1) is 11.3 Å². The van der Waals surface area contributed by atoms with Gasteiger partial charge in [0.15, 0.2) is 0 Å². The first-order valence-corrected chi connectivity index (χ1v) is 11.5. The van der Waals surface area contributed by atoms with E-state index in [1.807, 2.05) is 5.38 Å². The van der Waals surface area contributed by atoms with E-state index in [1.54, 1.807) is 24.3 Å². The predicted octanol–water partition coefficient (Wildman–Crippen LogP) is 4.04. The van der Waals surface area contributed by atoms with Crippen molar-refractivity contribution < 1.29 is 22.8 Å². The summed E-state index contributed by atoms with van der Waals surface area (Å²) in [6, 6.07) is 12.4. The fourth-order valence-corrected chi connectivity index (χ4v) is 4.75. The Labute approximate surface area is 178 Å². The molecule has 0 saturated heterocycles. The Balaban J connectivity index is 1.98. The van der Waals surface area contributed by atoms with E-state index >= 15 is 0 Å². The lowest BCUT2D eigenvalue weighted by molar-refractivity contribution is -0.159. The summed E-state index contributed by atoms with van der Waals surface area (Å²) in [7, 11) is -2.49. The lowest BCUT2D eigenvalue weighted by Crippen LogP contribution is -2.22. The van der Waals surface area contributed by atoms with Gasteiger partial charge < -0.3 is 0 Å². The fourth-order valence-electron chi connectivity index (χ4n) is 3.11. The normalized spacial score (nSPS) is 11.5. The predicted molar refractivity (Wildman–Crippen MR) is 114 cm³/mol. The number of amides is 1. The van der Waals surface area contributed by atoms with Gasteiger partial charge in [-0.05, 0) is 53.6 Å². The highest BCUT2D eigenvalue weighted by molar-refractivity contribution is 7.89. The van der Waals surface area contributed by atoms with Crippen molar-refractivity contribution in [3.63, 3.8) is 0 Å². The molecule has 1 aromatic heterocycles. The van der Waals surface area contributed by atoms with Gasteiger partial charge in [0.2, 0.25) is 15.9 Å². The molecule has 0 radical (unpaired) electrons. The van der Waals surface area contributed by atoms with Crippen molar-refractivity contribution in [3.8, 4) is 22.3 Å². The second kappa shape index (κ2) is 9.05. The number of sulfonamides is 1. The van der Waals surface area contributed by atoms with Crippen molar-refractivity contribution >= 4 is 27.3 Å². The number of benzene rings is 2. The van der Waals surface area contributed by atoms with E-state index in [-0.39, 0.29) is 23.0 Å². The zero-order valence-electron chi connectivity index (χ0n) is 16.2. The first-order valence-electron chi connectivity index (χ1n) is 9.12. The number of hydrogen-bond donors (Lipinski definition) is 2. The Morgan fingerprint density at radius 3 is 2.27 bits per heavy atom. The molecule has 3 rings (SSSR count). The van der Waals surface area contributed by atoms with Crippen LogP contribution in [0.3, 0.4) is 0 Å². The van der Waals surface area contributed by atoms with Gasteiger partial charge in [0.25, 0.3) is 0 Å². The van der Waals surface area contributed by atoms with Crippen LogP contribution in [0, 0.1) is 5.82 Å². The van der Waals surface area contributed by atoms with Gasteiger partial charge in [-0.2, -0.15) is 0 Å². The number of hydroxylamine groups is 2. The molecule has 0 aliphatic carbocycles. The summed E-state index contributed by atoms with van der Waals surface area (Å²) in [5, 5.41) is 16.9. The van der Waals surface area contributed by atoms with Gasteiger partial charge in [-0.25, -0.2) is 23.0 Å². The zero-order chi connectivity index (χ0) is 21.9. The zero-order valence-corrected chi connectivity index (χ0v) is 17.8. The summed E-state index contributed by atoms with van der Waals surface area (Å²) in [6.07, 6.45) is 1.35. The quantitative estimate of drug-likeness (QED) is 0.421. The Hall–Kier alpha value is -2.59. The van der Waals surface area contributed by atoms with Crippen molar-refractivity contribution in [2.75, 3.05) is 7.05 Å². The molecule has 0 saturated carbocycles. The molecule has 0 spiro atoms. The van der Waals surface area contributed by atoms with E-state index in [0.717, 1.165) is 27.1 Å². The standard InChI is InChI=1S/C21H21FN2O4S2/c1-24(26)20(25)4-2-3-19-21(15-5-9-16(22)10-6-15)18(13-29-19)14-7-11-17(12-8-14)30(23,27)28/h5-13,26H,2-4H2,1H3,(H2,23,27,28). The fraction of sp³-hybridized carbons (Fsp3) is 0.190. The van der Waals surface area contributed by atoms with Gasteiger partial charge in [0.1, 0.15) is 5.82 Å². The molecule has 0 fully saturated rings. The summed E-state index contributed by atoms with van der Waals surface area (Å²) in [5.74, 6) is -0.708. The minimum absolute atomic E-state index is 0.0247. The first kappa shape index (κ1) is 22.1. The van der Waals surface area contributed by atoms with E-state index < -0.39 is 10.0 Å². The van der Waals surface area contributed by atoms with E-state index in [0.29, 0.717) is 17.9 Å². The average molecular weight is 449 g/mol. The third kappa shape index (κ3) is 5.11. The maximum Gasteiger partial charge on any atom is 0.245 e. The second-order valence-electron chi connectivity index (χ2n) is 6.79. The van der Waals surface area contributed by atoms with Crippen LogP contribution in [0.1, 0.15) is 17.7 Å². The topological polar surface area (TPSA) is 101 Å². The summed E-state index contributed by atoms with van der Waals surface area (Å²) >= 11 is 1.52. The highest BCUT2D eigenvalue weighted by atomic mass is 32.2. The number of thiophene rings is 1. The number of primary sulfonamides is 1. The molecule has 0 bridgehead atoms. The molecule has 1 heterocycles. The largest absolute Gasteiger partial charge is 0.286 e. The smallest absolute Gasteiger partial charge is 0.245 e. The van der Waals surface area contributed by atoms with Crippen LogP contribution in [0.4, 0.5) is 4.39 Å². The molecule has 0 unspecified atom stereocenters. The van der Waals surface area contributed by atoms with Gasteiger partial charge in [-0.3, -0.25) is 10.0 Å². The summed E-state index contributed by atoms with van der Waals surface area (Å²) in [6.45, 7) is 0. The van der Waals surface area contributed by atoms with E-state index in [1.165, 1.54) is 42.6 Å². The first-order chi connectivity index (χ1) is 14.2. The lowest BCUT2D eigenvalue weighted by Gasteiger charge is -2.10. The molecule has 9 heteroatoms. The third-order valence-electron chi connectivity index (χ3n) is 4.65. The monoisotopic (exact) mass is 448 g/mol. The number of hydrogen-bond acceptors (Lipinski definition) is 5. The number of carbonyl (C=O) groups excluding carboxylic acids is 1. The number of aryl methyl sites for hydroxylation is 1. The van der Waals surface area contributed by atoms with Crippen LogP contribution in [0.15, 0.2) is 58.8 Å². The number of nitrogens with zero attached hydrogens (tertiary/aromatic N) is 1. The molecule has 30 heavy (non-hydrogen) atoms. The Morgan fingerprint density at radius 2 is 1.70 bits per heavy atom. The average Bonchev–Trinajstić information content (AvgIpc) is 3.11. The van der Waals surface area contributed by atoms with Crippen LogP contribution in [-0.2, 0) is 21.2 Å². The third-order valence-corrected chi connectivity index (χ3v) is 6.62. The second-order valence-corrected chi connectivity index (χ2v) is 9.32. The highest BCUT2D eigenvalue weighted by Gasteiger charge is 2.17. The molecular weight excluding hydrogens is 427 g/mol. The van der Waals surface area contributed by atoms with Crippen LogP contribution in [-0.4, -0.2) is 31.6 Å². The van der Waals surface area contributed by atoms with E-state index in [9.17, 15) is 22.8 Å². The summed E-state index contributed by atoms with van der Waals surface area (Å²) < 4.78 is 36.5. The van der Waals surface area contributed by atoms with Crippen LogP contribution in [0.25, 0.3) is 22.3 Å². The Kier molecular flexibility index (Phi) is 6.67. The van der Waals surface area contributed by atoms with Crippen molar-refractivity contribution in [2.24, 2.45) is 5.14 Å². The molecule has 3 N–H and O–H groups in total. The van der Waals surface area contributed by atoms with Crippen molar-refractivity contribution in [1.29, 1.82) is 0 Å². The van der Waals surface area contributed by atoms with E-state index in [4.69, 9.17) is 5.14 Å². The van der Waals surface area contributed by atoms with Crippen LogP contribution < -0.4 is 5.14 Å². The number of nitrogens with two attached hydrogens (primary N) is 1. The number of rotatable bonds is 7.